The molecule has 1 heterocycles. The number of rotatable bonds is 9. The van der Waals surface area contributed by atoms with E-state index in [0.29, 0.717) is 10.9 Å². The van der Waals surface area contributed by atoms with Gasteiger partial charge in [0, 0.05) is 59.2 Å². The second kappa shape index (κ2) is 13.4. The first-order valence-electron chi connectivity index (χ1n) is 9.90. The highest BCUT2D eigenvalue weighted by atomic mass is 127. The van der Waals surface area contributed by atoms with Crippen LogP contribution in [0.3, 0.4) is 0 Å². The van der Waals surface area contributed by atoms with Gasteiger partial charge in [0.05, 0.1) is 4.90 Å². The van der Waals surface area contributed by atoms with Crippen LogP contribution >= 0.6 is 24.0 Å². The van der Waals surface area contributed by atoms with Crippen molar-refractivity contribution in [2.45, 2.75) is 36.6 Å². The lowest BCUT2D eigenvalue weighted by Gasteiger charge is -2.33. The minimum absolute atomic E-state index is 0. The Morgan fingerprint density at radius 3 is 2.45 bits per heavy atom. The number of hydrogen-bond donors (Lipinski definition) is 2. The molecule has 1 aliphatic heterocycles. The van der Waals surface area contributed by atoms with E-state index in [1.807, 2.05) is 12.1 Å². The van der Waals surface area contributed by atoms with Crippen LogP contribution in [-0.2, 0) is 21.0 Å². The Balaban J connectivity index is 0.00000420. The lowest BCUT2D eigenvalue weighted by atomic mass is 10.1. The fourth-order valence-electron chi connectivity index (χ4n) is 3.35. The first-order valence-corrected chi connectivity index (χ1v) is 11.8. The predicted molar refractivity (Wildman–Crippen MR) is 129 cm³/mol. The summed E-state index contributed by atoms with van der Waals surface area (Å²) in [6.45, 7) is 4.88. The lowest BCUT2D eigenvalue weighted by Crippen LogP contribution is -2.49. The molecular formula is C20H35IN4O3S. The third-order valence-corrected chi connectivity index (χ3v) is 6.16. The number of benzene rings is 1. The SMILES string of the molecule is CN=C(NCCc1ccc(S(C)(=O)=O)cc1)NC1CCN(CCCOC)CC1.I. The van der Waals surface area contributed by atoms with Gasteiger partial charge in [0.1, 0.15) is 0 Å². The highest BCUT2D eigenvalue weighted by Crippen LogP contribution is 2.11. The van der Waals surface area contributed by atoms with Gasteiger partial charge in [-0.3, -0.25) is 4.99 Å². The van der Waals surface area contributed by atoms with Crippen molar-refractivity contribution < 1.29 is 13.2 Å². The Kier molecular flexibility index (Phi) is 12.1. The maximum Gasteiger partial charge on any atom is 0.191 e. The van der Waals surface area contributed by atoms with E-state index in [1.54, 1.807) is 26.3 Å². The maximum absolute atomic E-state index is 11.5. The van der Waals surface area contributed by atoms with E-state index in [4.69, 9.17) is 4.74 Å². The monoisotopic (exact) mass is 538 g/mol. The van der Waals surface area contributed by atoms with Crippen LogP contribution in [-0.4, -0.2) is 78.5 Å². The van der Waals surface area contributed by atoms with Gasteiger partial charge in [-0.1, -0.05) is 12.1 Å². The summed E-state index contributed by atoms with van der Waals surface area (Å²) in [4.78, 5) is 7.17. The molecule has 1 aromatic carbocycles. The van der Waals surface area contributed by atoms with Crippen LogP contribution in [0.15, 0.2) is 34.2 Å². The summed E-state index contributed by atoms with van der Waals surface area (Å²) in [7, 11) is 0.398. The van der Waals surface area contributed by atoms with Gasteiger partial charge in [-0.25, -0.2) is 8.42 Å². The average molecular weight is 538 g/mol. The van der Waals surface area contributed by atoms with E-state index < -0.39 is 9.84 Å². The number of piperidine rings is 1. The van der Waals surface area contributed by atoms with Crippen LogP contribution in [0.1, 0.15) is 24.8 Å². The van der Waals surface area contributed by atoms with Gasteiger partial charge in [0.15, 0.2) is 15.8 Å². The van der Waals surface area contributed by atoms with Gasteiger partial charge in [-0.2, -0.15) is 0 Å². The number of aliphatic imine (C=N–C) groups is 1. The van der Waals surface area contributed by atoms with Crippen LogP contribution in [0.25, 0.3) is 0 Å². The van der Waals surface area contributed by atoms with Crippen molar-refractivity contribution in [3.63, 3.8) is 0 Å². The van der Waals surface area contributed by atoms with E-state index in [0.717, 1.165) is 70.0 Å². The Morgan fingerprint density at radius 1 is 1.24 bits per heavy atom. The van der Waals surface area contributed by atoms with Crippen molar-refractivity contribution >= 4 is 39.8 Å². The number of guanidine groups is 1. The lowest BCUT2D eigenvalue weighted by molar-refractivity contribution is 0.155. The molecule has 0 atom stereocenters. The molecule has 0 bridgehead atoms. The summed E-state index contributed by atoms with van der Waals surface area (Å²) >= 11 is 0. The van der Waals surface area contributed by atoms with Gasteiger partial charge < -0.3 is 20.3 Å². The minimum atomic E-state index is -3.14. The molecule has 0 amide bonds. The molecule has 0 unspecified atom stereocenters. The average Bonchev–Trinajstić information content (AvgIpc) is 2.68. The standard InChI is InChI=1S/C20H34N4O3S.HI/c1-21-20(23-18-10-14-24(15-11-18)13-4-16-27-2)22-12-9-17-5-7-19(8-6-17)28(3,25)26;/h5-8,18H,4,9-16H2,1-3H3,(H2,21,22,23);1H. The molecule has 0 aliphatic carbocycles. The maximum atomic E-state index is 11.5. The third-order valence-electron chi connectivity index (χ3n) is 5.03. The zero-order chi connectivity index (χ0) is 20.4. The van der Waals surface area contributed by atoms with Gasteiger partial charge in [0.2, 0.25) is 0 Å². The Bertz CT molecular complexity index is 718. The Morgan fingerprint density at radius 2 is 1.90 bits per heavy atom. The predicted octanol–water partition coefficient (Wildman–Crippen LogP) is 1.92. The number of ether oxygens (including phenoxy) is 1. The first kappa shape index (κ1) is 26.1. The highest BCUT2D eigenvalue weighted by Gasteiger charge is 2.19. The second-order valence-electron chi connectivity index (χ2n) is 7.27. The number of hydrogen-bond acceptors (Lipinski definition) is 5. The van der Waals surface area contributed by atoms with Crippen molar-refractivity contribution in [2.24, 2.45) is 4.99 Å². The fraction of sp³-hybridized carbons (Fsp3) is 0.650. The number of nitrogens with one attached hydrogen (secondary N) is 2. The Hall–Kier alpha value is -0.910. The molecule has 0 radical (unpaired) electrons. The van der Waals surface area contributed by atoms with Gasteiger partial charge in [0.25, 0.3) is 0 Å². The summed E-state index contributed by atoms with van der Waals surface area (Å²) in [6.07, 6.45) is 5.34. The van der Waals surface area contributed by atoms with E-state index in [1.165, 1.54) is 6.26 Å². The zero-order valence-electron chi connectivity index (χ0n) is 17.7. The van der Waals surface area contributed by atoms with E-state index in [-0.39, 0.29) is 24.0 Å². The van der Waals surface area contributed by atoms with E-state index in [9.17, 15) is 8.42 Å². The number of nitrogens with zero attached hydrogens (tertiary/aromatic N) is 2. The van der Waals surface area contributed by atoms with Gasteiger partial charge in [-0.15, -0.1) is 24.0 Å². The summed E-state index contributed by atoms with van der Waals surface area (Å²) in [5, 5.41) is 6.87. The fourth-order valence-corrected chi connectivity index (χ4v) is 3.98. The summed E-state index contributed by atoms with van der Waals surface area (Å²) in [6, 6.07) is 7.51. The second-order valence-corrected chi connectivity index (χ2v) is 9.29. The summed E-state index contributed by atoms with van der Waals surface area (Å²) in [5.74, 6) is 0.825. The van der Waals surface area contributed by atoms with Crippen LogP contribution in [0.2, 0.25) is 0 Å². The third kappa shape index (κ3) is 9.63. The molecule has 166 valence electrons. The number of likely N-dealkylation sites (tertiary alicyclic amines) is 1. The Labute approximate surface area is 192 Å². The van der Waals surface area contributed by atoms with E-state index >= 15 is 0 Å². The van der Waals surface area contributed by atoms with Gasteiger partial charge in [-0.05, 0) is 43.4 Å². The highest BCUT2D eigenvalue weighted by molar-refractivity contribution is 14.0. The molecule has 0 aromatic heterocycles. The van der Waals surface area contributed by atoms with Crippen molar-refractivity contribution in [3.8, 4) is 0 Å². The van der Waals surface area contributed by atoms with Crippen molar-refractivity contribution in [3.05, 3.63) is 29.8 Å². The molecule has 29 heavy (non-hydrogen) atoms. The molecule has 9 heteroatoms. The molecule has 1 saturated heterocycles. The minimum Gasteiger partial charge on any atom is -0.385 e. The van der Waals surface area contributed by atoms with Crippen molar-refractivity contribution in [1.82, 2.24) is 15.5 Å². The van der Waals surface area contributed by atoms with Crippen LogP contribution < -0.4 is 10.6 Å². The van der Waals surface area contributed by atoms with Crippen LogP contribution in [0, 0.1) is 0 Å². The molecule has 1 aromatic rings. The first-order chi connectivity index (χ1) is 13.4. The normalized spacial score (nSPS) is 16.3. The molecule has 0 spiro atoms. The zero-order valence-corrected chi connectivity index (χ0v) is 20.8. The molecular weight excluding hydrogens is 503 g/mol. The summed E-state index contributed by atoms with van der Waals surface area (Å²) in [5.41, 5.74) is 1.10. The summed E-state index contributed by atoms with van der Waals surface area (Å²) < 4.78 is 28.2. The molecule has 2 N–H and O–H groups in total. The number of methoxy groups -OCH3 is 1. The number of sulfone groups is 1. The molecule has 7 nitrogen and oxygen atoms in total. The largest absolute Gasteiger partial charge is 0.385 e. The smallest absolute Gasteiger partial charge is 0.191 e. The van der Waals surface area contributed by atoms with Crippen LogP contribution in [0.4, 0.5) is 0 Å². The molecule has 2 rings (SSSR count). The molecule has 1 aliphatic rings. The quantitative estimate of drug-likeness (QED) is 0.217. The van der Waals surface area contributed by atoms with Crippen molar-refractivity contribution in [1.29, 1.82) is 0 Å². The molecule has 0 saturated carbocycles. The number of halogens is 1. The topological polar surface area (TPSA) is 83.0 Å². The molecule has 1 fully saturated rings. The van der Waals surface area contributed by atoms with Crippen molar-refractivity contribution in [2.75, 3.05) is 53.2 Å². The van der Waals surface area contributed by atoms with Gasteiger partial charge >= 0.3 is 0 Å². The van der Waals surface area contributed by atoms with E-state index in [2.05, 4.69) is 20.5 Å². The van der Waals surface area contributed by atoms with Crippen LogP contribution in [0.5, 0.6) is 0 Å².